The monoisotopic (exact) mass is 207 g/mol. The molecular formula is C13H21NO. The van der Waals surface area contributed by atoms with Crippen molar-refractivity contribution in [3.63, 3.8) is 0 Å². The highest BCUT2D eigenvalue weighted by atomic mass is 16.5. The first-order chi connectivity index (χ1) is 7.04. The minimum atomic E-state index is 0.190. The van der Waals surface area contributed by atoms with E-state index in [1.165, 1.54) is 16.7 Å². The van der Waals surface area contributed by atoms with Crippen LogP contribution in [0.5, 0.6) is 5.75 Å². The van der Waals surface area contributed by atoms with Gasteiger partial charge in [0.1, 0.15) is 5.75 Å². The summed E-state index contributed by atoms with van der Waals surface area (Å²) in [5.41, 5.74) is 9.25. The molecule has 1 rings (SSSR count). The van der Waals surface area contributed by atoms with E-state index >= 15 is 0 Å². The van der Waals surface area contributed by atoms with Gasteiger partial charge in [0, 0.05) is 0 Å². The highest BCUT2D eigenvalue weighted by molar-refractivity contribution is 5.42. The minimum absolute atomic E-state index is 0.190. The standard InChI is InChI=1S/C13H21NO/c1-9-7-10(2)12(4)13(8-9)15-11(3)5-6-14/h7-8,11H,5-6,14H2,1-4H3. The predicted molar refractivity (Wildman–Crippen MR) is 64.4 cm³/mol. The maximum Gasteiger partial charge on any atom is 0.123 e. The predicted octanol–water partition coefficient (Wildman–Crippen LogP) is 2.73. The Hall–Kier alpha value is -1.02. The number of benzene rings is 1. The fraction of sp³-hybridized carbons (Fsp3) is 0.538. The van der Waals surface area contributed by atoms with E-state index in [1.54, 1.807) is 0 Å². The molecule has 2 nitrogen and oxygen atoms in total. The number of hydrogen-bond acceptors (Lipinski definition) is 2. The molecule has 0 fully saturated rings. The molecule has 0 aliphatic heterocycles. The first-order valence-corrected chi connectivity index (χ1v) is 5.49. The van der Waals surface area contributed by atoms with E-state index in [4.69, 9.17) is 10.5 Å². The van der Waals surface area contributed by atoms with E-state index in [1.807, 2.05) is 0 Å². The zero-order valence-corrected chi connectivity index (χ0v) is 10.1. The molecule has 0 spiro atoms. The van der Waals surface area contributed by atoms with Gasteiger partial charge in [0.2, 0.25) is 0 Å². The van der Waals surface area contributed by atoms with Crippen molar-refractivity contribution in [1.29, 1.82) is 0 Å². The summed E-state index contributed by atoms with van der Waals surface area (Å²) in [7, 11) is 0. The van der Waals surface area contributed by atoms with E-state index in [-0.39, 0.29) is 6.10 Å². The lowest BCUT2D eigenvalue weighted by molar-refractivity contribution is 0.212. The van der Waals surface area contributed by atoms with Crippen molar-refractivity contribution < 1.29 is 4.74 Å². The van der Waals surface area contributed by atoms with Crippen molar-refractivity contribution in [3.05, 3.63) is 28.8 Å². The Morgan fingerprint density at radius 3 is 2.53 bits per heavy atom. The largest absolute Gasteiger partial charge is 0.490 e. The Morgan fingerprint density at radius 1 is 1.27 bits per heavy atom. The van der Waals surface area contributed by atoms with Gasteiger partial charge in [-0.25, -0.2) is 0 Å². The molecule has 1 aromatic rings. The van der Waals surface area contributed by atoms with Crippen molar-refractivity contribution in [1.82, 2.24) is 0 Å². The van der Waals surface area contributed by atoms with Crippen molar-refractivity contribution in [2.45, 2.75) is 40.2 Å². The van der Waals surface area contributed by atoms with Gasteiger partial charge in [-0.3, -0.25) is 0 Å². The molecule has 0 radical (unpaired) electrons. The van der Waals surface area contributed by atoms with Gasteiger partial charge in [0.05, 0.1) is 6.10 Å². The van der Waals surface area contributed by atoms with E-state index in [0.717, 1.165) is 12.2 Å². The summed E-state index contributed by atoms with van der Waals surface area (Å²) in [6.45, 7) is 9.03. The van der Waals surface area contributed by atoms with Crippen molar-refractivity contribution in [2.75, 3.05) is 6.54 Å². The molecule has 0 saturated carbocycles. The Bertz CT molecular complexity index is 334. The first kappa shape index (κ1) is 12.1. The molecule has 0 aliphatic rings. The summed E-state index contributed by atoms with van der Waals surface area (Å²) in [6.07, 6.45) is 1.08. The maximum absolute atomic E-state index is 5.87. The number of hydrogen-bond donors (Lipinski definition) is 1. The zero-order valence-electron chi connectivity index (χ0n) is 10.1. The summed E-state index contributed by atoms with van der Waals surface area (Å²) in [5, 5.41) is 0. The summed E-state index contributed by atoms with van der Waals surface area (Å²) in [5.74, 6) is 0.994. The highest BCUT2D eigenvalue weighted by Crippen LogP contribution is 2.24. The van der Waals surface area contributed by atoms with Crippen LogP contribution in [0.4, 0.5) is 0 Å². The second-order valence-electron chi connectivity index (χ2n) is 4.21. The van der Waals surface area contributed by atoms with Crippen LogP contribution in [0.3, 0.4) is 0 Å². The Morgan fingerprint density at radius 2 is 1.93 bits per heavy atom. The molecule has 1 aromatic carbocycles. The van der Waals surface area contributed by atoms with Crippen LogP contribution in [0.15, 0.2) is 12.1 Å². The Balaban J connectivity index is 2.84. The van der Waals surface area contributed by atoms with Gasteiger partial charge in [-0.15, -0.1) is 0 Å². The van der Waals surface area contributed by atoms with Gasteiger partial charge in [-0.05, 0) is 63.4 Å². The molecular weight excluding hydrogens is 186 g/mol. The number of nitrogens with two attached hydrogens (primary N) is 1. The minimum Gasteiger partial charge on any atom is -0.490 e. The van der Waals surface area contributed by atoms with Crippen LogP contribution < -0.4 is 10.5 Å². The normalized spacial score (nSPS) is 12.6. The topological polar surface area (TPSA) is 35.2 Å². The van der Waals surface area contributed by atoms with Crippen LogP contribution in [-0.4, -0.2) is 12.6 Å². The summed E-state index contributed by atoms with van der Waals surface area (Å²) >= 11 is 0. The molecule has 84 valence electrons. The summed E-state index contributed by atoms with van der Waals surface area (Å²) < 4.78 is 5.87. The van der Waals surface area contributed by atoms with E-state index in [9.17, 15) is 0 Å². The van der Waals surface area contributed by atoms with E-state index in [2.05, 4.69) is 39.8 Å². The fourth-order valence-electron chi connectivity index (χ4n) is 1.63. The third kappa shape index (κ3) is 3.24. The van der Waals surface area contributed by atoms with Crippen LogP contribution in [0.25, 0.3) is 0 Å². The smallest absolute Gasteiger partial charge is 0.123 e. The van der Waals surface area contributed by atoms with Gasteiger partial charge in [0.25, 0.3) is 0 Å². The fourth-order valence-corrected chi connectivity index (χ4v) is 1.63. The first-order valence-electron chi connectivity index (χ1n) is 5.49. The van der Waals surface area contributed by atoms with E-state index < -0.39 is 0 Å². The molecule has 2 heteroatoms. The third-order valence-electron chi connectivity index (χ3n) is 2.67. The molecule has 2 N–H and O–H groups in total. The Labute approximate surface area is 92.4 Å². The molecule has 1 atom stereocenters. The number of aryl methyl sites for hydroxylation is 2. The molecule has 0 amide bonds. The SMILES string of the molecule is Cc1cc(C)c(C)c(OC(C)CCN)c1. The molecule has 0 bridgehead atoms. The van der Waals surface area contributed by atoms with Gasteiger partial charge in [-0.2, -0.15) is 0 Å². The van der Waals surface area contributed by atoms with Gasteiger partial charge in [-0.1, -0.05) is 6.07 Å². The Kier molecular flexibility index (Phi) is 4.15. The molecule has 0 saturated heterocycles. The zero-order chi connectivity index (χ0) is 11.4. The van der Waals surface area contributed by atoms with Gasteiger partial charge in [0.15, 0.2) is 0 Å². The van der Waals surface area contributed by atoms with Crippen LogP contribution in [0.2, 0.25) is 0 Å². The molecule has 1 unspecified atom stereocenters. The van der Waals surface area contributed by atoms with Crippen molar-refractivity contribution >= 4 is 0 Å². The summed E-state index contributed by atoms with van der Waals surface area (Å²) in [6, 6.07) is 4.27. The average Bonchev–Trinajstić information content (AvgIpc) is 2.13. The van der Waals surface area contributed by atoms with Gasteiger partial charge < -0.3 is 10.5 Å². The molecule has 0 aliphatic carbocycles. The lowest BCUT2D eigenvalue weighted by Crippen LogP contribution is -2.17. The molecule has 15 heavy (non-hydrogen) atoms. The third-order valence-corrected chi connectivity index (χ3v) is 2.67. The number of ether oxygens (including phenoxy) is 1. The average molecular weight is 207 g/mol. The summed E-state index contributed by atoms with van der Waals surface area (Å²) in [4.78, 5) is 0. The lowest BCUT2D eigenvalue weighted by atomic mass is 10.1. The van der Waals surface area contributed by atoms with Crippen LogP contribution in [0.1, 0.15) is 30.0 Å². The van der Waals surface area contributed by atoms with E-state index in [0.29, 0.717) is 6.54 Å². The quantitative estimate of drug-likeness (QED) is 0.824. The van der Waals surface area contributed by atoms with Crippen LogP contribution in [0, 0.1) is 20.8 Å². The second kappa shape index (κ2) is 5.17. The van der Waals surface area contributed by atoms with Crippen LogP contribution in [-0.2, 0) is 0 Å². The maximum atomic E-state index is 5.87. The highest BCUT2D eigenvalue weighted by Gasteiger charge is 2.07. The van der Waals surface area contributed by atoms with Gasteiger partial charge >= 0.3 is 0 Å². The number of rotatable bonds is 4. The second-order valence-corrected chi connectivity index (χ2v) is 4.21. The molecule has 0 aromatic heterocycles. The van der Waals surface area contributed by atoms with Crippen LogP contribution >= 0.6 is 0 Å². The van der Waals surface area contributed by atoms with Crippen molar-refractivity contribution in [3.8, 4) is 5.75 Å². The lowest BCUT2D eigenvalue weighted by Gasteiger charge is -2.17. The molecule has 0 heterocycles. The van der Waals surface area contributed by atoms with Crippen molar-refractivity contribution in [2.24, 2.45) is 5.73 Å².